The molecule has 0 bridgehead atoms. The monoisotopic (exact) mass is 413 g/mol. The molecule has 0 heterocycles. The summed E-state index contributed by atoms with van der Waals surface area (Å²) < 4.78 is 12.7. The highest BCUT2D eigenvalue weighted by Gasteiger charge is 2.10. The van der Waals surface area contributed by atoms with E-state index in [9.17, 15) is 0 Å². The Morgan fingerprint density at radius 2 is 1.81 bits per heavy atom. The zero-order valence-corrected chi connectivity index (χ0v) is 15.3. The highest BCUT2D eigenvalue weighted by atomic mass is 79.9. The second kappa shape index (κ2) is 7.18. The van der Waals surface area contributed by atoms with Gasteiger partial charge in [0, 0.05) is 16.7 Å². The quantitative estimate of drug-likeness (QED) is 0.733. The summed E-state index contributed by atoms with van der Waals surface area (Å²) in [7, 11) is 3.27. The summed E-state index contributed by atoms with van der Waals surface area (Å²) in [6.07, 6.45) is 0. The van der Waals surface area contributed by atoms with Gasteiger partial charge < -0.3 is 14.8 Å². The minimum atomic E-state index is 0.705. The van der Waals surface area contributed by atoms with Gasteiger partial charge in [0.25, 0.3) is 0 Å². The predicted octanol–water partition coefficient (Wildman–Crippen LogP) is 5.15. The van der Waals surface area contributed by atoms with E-state index in [-0.39, 0.29) is 0 Å². The first kappa shape index (κ1) is 16.2. The fourth-order valence-electron chi connectivity index (χ4n) is 2.07. The lowest BCUT2D eigenvalue weighted by Gasteiger charge is -2.14. The lowest BCUT2D eigenvalue weighted by molar-refractivity contribution is 0.352. The van der Waals surface area contributed by atoms with Gasteiger partial charge in [0.2, 0.25) is 0 Å². The minimum absolute atomic E-state index is 0.705. The average molecular weight is 415 g/mol. The molecule has 1 N–H and O–H groups in total. The van der Waals surface area contributed by atoms with Crippen LogP contribution in [0.25, 0.3) is 0 Å². The Kier molecular flexibility index (Phi) is 5.53. The van der Waals surface area contributed by atoms with Crippen LogP contribution in [0.3, 0.4) is 0 Å². The Balaban J connectivity index is 2.20. The molecule has 0 saturated carbocycles. The van der Waals surface area contributed by atoms with Crippen LogP contribution in [0.2, 0.25) is 0 Å². The van der Waals surface area contributed by atoms with E-state index in [0.29, 0.717) is 12.3 Å². The van der Waals surface area contributed by atoms with Gasteiger partial charge in [-0.2, -0.15) is 0 Å². The van der Waals surface area contributed by atoms with Gasteiger partial charge in [0.05, 0.1) is 18.7 Å². The second-order valence-corrected chi connectivity index (χ2v) is 6.29. The Bertz CT molecular complexity index is 644. The van der Waals surface area contributed by atoms with E-state index in [4.69, 9.17) is 9.47 Å². The van der Waals surface area contributed by atoms with Crippen LogP contribution in [0.1, 0.15) is 11.1 Å². The lowest BCUT2D eigenvalue weighted by atomic mass is 10.1. The normalized spacial score (nSPS) is 10.3. The molecule has 0 amide bonds. The molecule has 0 spiro atoms. The topological polar surface area (TPSA) is 30.5 Å². The molecule has 2 aromatic carbocycles. The summed E-state index contributed by atoms with van der Waals surface area (Å²) in [5, 5.41) is 3.44. The Labute approximate surface area is 141 Å². The summed E-state index contributed by atoms with van der Waals surface area (Å²) in [6, 6.07) is 10.1. The van der Waals surface area contributed by atoms with E-state index >= 15 is 0 Å². The number of hydrogen-bond acceptors (Lipinski definition) is 3. The van der Waals surface area contributed by atoms with E-state index in [2.05, 4.69) is 50.2 Å². The van der Waals surface area contributed by atoms with E-state index in [1.165, 1.54) is 5.56 Å². The number of rotatable bonds is 5. The average Bonchev–Trinajstić information content (AvgIpc) is 2.48. The summed E-state index contributed by atoms with van der Waals surface area (Å²) in [4.78, 5) is 0. The second-order valence-electron chi connectivity index (χ2n) is 4.58. The maximum atomic E-state index is 5.36. The number of ether oxygens (including phenoxy) is 2. The molecule has 21 heavy (non-hydrogen) atoms. The fraction of sp³-hybridized carbons (Fsp3) is 0.250. The van der Waals surface area contributed by atoms with Gasteiger partial charge in [-0.15, -0.1) is 0 Å². The molecular weight excluding hydrogens is 398 g/mol. The lowest BCUT2D eigenvalue weighted by Crippen LogP contribution is -2.02. The van der Waals surface area contributed by atoms with Crippen molar-refractivity contribution in [1.82, 2.24) is 0 Å². The van der Waals surface area contributed by atoms with E-state index < -0.39 is 0 Å². The van der Waals surface area contributed by atoms with Gasteiger partial charge in [0.1, 0.15) is 0 Å². The molecule has 0 aliphatic heterocycles. The van der Waals surface area contributed by atoms with Crippen molar-refractivity contribution in [1.29, 1.82) is 0 Å². The van der Waals surface area contributed by atoms with E-state index in [1.807, 2.05) is 24.3 Å². The number of benzene rings is 2. The molecule has 2 aromatic rings. The standard InChI is InChI=1S/C16H17Br2NO2/c1-10-12(17)5-4-6-14(10)19-9-11-7-13(18)16(21-3)15(8-11)20-2/h4-8,19H,9H2,1-3H3. The third kappa shape index (κ3) is 3.71. The molecule has 0 aliphatic rings. The Morgan fingerprint density at radius 1 is 1.05 bits per heavy atom. The molecule has 0 fully saturated rings. The number of halogens is 2. The summed E-state index contributed by atoms with van der Waals surface area (Å²) in [6.45, 7) is 2.78. The first-order valence-electron chi connectivity index (χ1n) is 6.46. The van der Waals surface area contributed by atoms with Crippen molar-refractivity contribution in [3.63, 3.8) is 0 Å². The SMILES string of the molecule is COc1cc(CNc2cccc(Br)c2C)cc(Br)c1OC. The molecule has 3 nitrogen and oxygen atoms in total. The summed E-state index contributed by atoms with van der Waals surface area (Å²) in [5.74, 6) is 1.43. The van der Waals surface area contributed by atoms with Crippen molar-refractivity contribution in [2.75, 3.05) is 19.5 Å². The number of anilines is 1. The number of methoxy groups -OCH3 is 2. The molecule has 0 aromatic heterocycles. The van der Waals surface area contributed by atoms with Crippen molar-refractivity contribution in [3.8, 4) is 11.5 Å². The highest BCUT2D eigenvalue weighted by Crippen LogP contribution is 2.36. The van der Waals surface area contributed by atoms with Crippen LogP contribution in [0.15, 0.2) is 39.3 Å². The van der Waals surface area contributed by atoms with E-state index in [1.54, 1.807) is 14.2 Å². The minimum Gasteiger partial charge on any atom is -0.493 e. The zero-order valence-electron chi connectivity index (χ0n) is 12.2. The zero-order chi connectivity index (χ0) is 15.4. The van der Waals surface area contributed by atoms with Crippen molar-refractivity contribution in [2.45, 2.75) is 13.5 Å². The third-order valence-electron chi connectivity index (χ3n) is 3.24. The summed E-state index contributed by atoms with van der Waals surface area (Å²) in [5.41, 5.74) is 3.41. The fourth-order valence-corrected chi connectivity index (χ4v) is 3.09. The van der Waals surface area contributed by atoms with Gasteiger partial charge in [-0.25, -0.2) is 0 Å². The smallest absolute Gasteiger partial charge is 0.174 e. The van der Waals surface area contributed by atoms with Crippen molar-refractivity contribution in [3.05, 3.63) is 50.4 Å². The van der Waals surface area contributed by atoms with Gasteiger partial charge in [-0.3, -0.25) is 0 Å². The largest absolute Gasteiger partial charge is 0.493 e. The van der Waals surface area contributed by atoms with Crippen LogP contribution in [-0.4, -0.2) is 14.2 Å². The highest BCUT2D eigenvalue weighted by molar-refractivity contribution is 9.10. The van der Waals surface area contributed by atoms with Crippen molar-refractivity contribution < 1.29 is 9.47 Å². The van der Waals surface area contributed by atoms with Crippen LogP contribution in [0.4, 0.5) is 5.69 Å². The first-order valence-corrected chi connectivity index (χ1v) is 8.04. The van der Waals surface area contributed by atoms with Crippen molar-refractivity contribution >= 4 is 37.5 Å². The van der Waals surface area contributed by atoms with Gasteiger partial charge >= 0.3 is 0 Å². The van der Waals surface area contributed by atoms with Gasteiger partial charge in [-0.1, -0.05) is 22.0 Å². The van der Waals surface area contributed by atoms with Crippen molar-refractivity contribution in [2.24, 2.45) is 0 Å². The molecule has 0 saturated heterocycles. The maximum absolute atomic E-state index is 5.36. The maximum Gasteiger partial charge on any atom is 0.174 e. The molecular formula is C16H17Br2NO2. The van der Waals surface area contributed by atoms with Crippen LogP contribution in [0, 0.1) is 6.92 Å². The Morgan fingerprint density at radius 3 is 2.48 bits per heavy atom. The van der Waals surface area contributed by atoms with Crippen LogP contribution in [-0.2, 0) is 6.54 Å². The van der Waals surface area contributed by atoms with Crippen LogP contribution >= 0.6 is 31.9 Å². The number of hydrogen-bond donors (Lipinski definition) is 1. The van der Waals surface area contributed by atoms with E-state index in [0.717, 1.165) is 25.9 Å². The van der Waals surface area contributed by atoms with Crippen LogP contribution < -0.4 is 14.8 Å². The summed E-state index contributed by atoms with van der Waals surface area (Å²) >= 11 is 7.05. The molecule has 0 radical (unpaired) electrons. The molecule has 0 unspecified atom stereocenters. The predicted molar refractivity (Wildman–Crippen MR) is 93.5 cm³/mol. The van der Waals surface area contributed by atoms with Crippen LogP contribution in [0.5, 0.6) is 11.5 Å². The van der Waals surface area contributed by atoms with Gasteiger partial charge in [0.15, 0.2) is 11.5 Å². The third-order valence-corrected chi connectivity index (χ3v) is 4.69. The number of nitrogens with one attached hydrogen (secondary N) is 1. The molecule has 2 rings (SSSR count). The first-order chi connectivity index (χ1) is 10.1. The Hall–Kier alpha value is -1.20. The molecule has 0 aliphatic carbocycles. The molecule has 0 atom stereocenters. The molecule has 5 heteroatoms. The van der Waals surface area contributed by atoms with Gasteiger partial charge in [-0.05, 0) is 58.2 Å². The molecule has 112 valence electrons.